The summed E-state index contributed by atoms with van der Waals surface area (Å²) >= 11 is 0. The minimum Gasteiger partial charge on any atom is -0.469 e. The molecule has 0 radical (unpaired) electrons. The molecule has 1 saturated carbocycles. The van der Waals surface area contributed by atoms with Crippen LogP contribution in [0.15, 0.2) is 61.3 Å². The molecule has 0 atom stereocenters. The van der Waals surface area contributed by atoms with E-state index in [0.29, 0.717) is 37.2 Å². The lowest BCUT2D eigenvalue weighted by Crippen LogP contribution is -2.49. The van der Waals surface area contributed by atoms with Gasteiger partial charge in [0.2, 0.25) is 11.8 Å². The highest BCUT2D eigenvalue weighted by Gasteiger charge is 2.38. The summed E-state index contributed by atoms with van der Waals surface area (Å²) in [4.78, 5) is 40.5. The van der Waals surface area contributed by atoms with Crippen molar-refractivity contribution < 1.29 is 32.2 Å². The van der Waals surface area contributed by atoms with Crippen molar-refractivity contribution in [1.82, 2.24) is 35.2 Å². The van der Waals surface area contributed by atoms with Crippen molar-refractivity contribution in [3.05, 3.63) is 72.6 Å². The molecule has 0 bridgehead atoms. The quantitative estimate of drug-likeness (QED) is 0.246. The Morgan fingerprint density at radius 1 is 0.957 bits per heavy atom. The SMILES string of the molecule is COc1ncc(-c2ccc(N(C(=O)NCc3ccccn3)C3CCC(Nc4ncc(C(F)(F)F)c(OC5COC5)n4)CC3)nc2)cn1. The molecule has 2 aliphatic rings. The highest BCUT2D eigenvalue weighted by molar-refractivity contribution is 5.91. The van der Waals surface area contributed by atoms with Crippen molar-refractivity contribution in [2.45, 2.75) is 56.6 Å². The van der Waals surface area contributed by atoms with Crippen LogP contribution in [0.3, 0.4) is 0 Å². The monoisotopic (exact) mass is 651 g/mol. The summed E-state index contributed by atoms with van der Waals surface area (Å²) in [6.07, 6.45) is 4.55. The number of amides is 2. The molecule has 16 heteroatoms. The Balaban J connectivity index is 1.15. The third-order valence-corrected chi connectivity index (χ3v) is 7.84. The van der Waals surface area contributed by atoms with E-state index in [9.17, 15) is 18.0 Å². The van der Waals surface area contributed by atoms with Crippen molar-refractivity contribution in [2.24, 2.45) is 0 Å². The summed E-state index contributed by atoms with van der Waals surface area (Å²) in [6, 6.07) is 8.68. The summed E-state index contributed by atoms with van der Waals surface area (Å²) in [5.74, 6) is -0.0178. The number of halogens is 3. The maximum absolute atomic E-state index is 13.6. The molecule has 1 aliphatic carbocycles. The van der Waals surface area contributed by atoms with Crippen LogP contribution in [0.5, 0.6) is 11.9 Å². The second-order valence-electron chi connectivity index (χ2n) is 11.1. The minimum atomic E-state index is -4.66. The number of hydrogen-bond acceptors (Lipinski definition) is 11. The van der Waals surface area contributed by atoms with Gasteiger partial charge in [0.05, 0.1) is 32.6 Å². The fourth-order valence-corrected chi connectivity index (χ4v) is 5.30. The van der Waals surface area contributed by atoms with Crippen LogP contribution < -0.4 is 25.0 Å². The number of anilines is 2. The lowest BCUT2D eigenvalue weighted by molar-refractivity contribution is -0.142. The first-order chi connectivity index (χ1) is 22.8. The summed E-state index contributed by atoms with van der Waals surface area (Å²) < 4.78 is 56.2. The Morgan fingerprint density at radius 2 is 1.72 bits per heavy atom. The van der Waals surface area contributed by atoms with Gasteiger partial charge in [0.1, 0.15) is 17.5 Å². The van der Waals surface area contributed by atoms with Gasteiger partial charge in [-0.25, -0.2) is 24.7 Å². The number of carbonyl (C=O) groups excluding carboxylic acids is 1. The predicted molar refractivity (Wildman–Crippen MR) is 163 cm³/mol. The third-order valence-electron chi connectivity index (χ3n) is 7.84. The Hall–Kier alpha value is -5.12. The standard InChI is InChI=1S/C31H32F3N9O4/c1-45-29-38-13-20(14-39-29)19-5-10-26(36-12-19)43(30(44)40-15-22-4-2-3-11-35-22)23-8-6-21(7-9-23)41-28-37-16-25(31(32,33)34)27(42-28)47-24-17-46-18-24/h2-5,10-14,16,21,23-24H,6-9,15,17-18H2,1H3,(H,40,44)(H,37,41,42). The van der Waals surface area contributed by atoms with Crippen LogP contribution in [0, 0.1) is 0 Å². The van der Waals surface area contributed by atoms with Crippen LogP contribution in [-0.2, 0) is 17.5 Å². The number of nitrogens with zero attached hydrogens (tertiary/aromatic N) is 7. The number of rotatable bonds is 10. The fraction of sp³-hybridized carbons (Fsp3) is 0.387. The van der Waals surface area contributed by atoms with Crippen molar-refractivity contribution in [3.8, 4) is 23.0 Å². The molecular formula is C31H32F3N9O4. The van der Waals surface area contributed by atoms with E-state index in [1.54, 1.807) is 41.8 Å². The normalized spacial score (nSPS) is 18.1. The van der Waals surface area contributed by atoms with E-state index in [0.717, 1.165) is 17.3 Å². The Kier molecular flexibility index (Phi) is 9.56. The minimum absolute atomic E-state index is 0.0430. The second kappa shape index (κ2) is 14.1. The van der Waals surface area contributed by atoms with Gasteiger partial charge in [0.25, 0.3) is 0 Å². The number of carbonyl (C=O) groups is 1. The Bertz CT molecular complexity index is 1640. The van der Waals surface area contributed by atoms with E-state index in [4.69, 9.17) is 14.2 Å². The zero-order valence-electron chi connectivity index (χ0n) is 25.4. The molecule has 0 spiro atoms. The Morgan fingerprint density at radius 3 is 2.34 bits per heavy atom. The van der Waals surface area contributed by atoms with Crippen LogP contribution >= 0.6 is 0 Å². The van der Waals surface area contributed by atoms with E-state index < -0.39 is 23.7 Å². The second-order valence-corrected chi connectivity index (χ2v) is 11.1. The molecule has 13 nitrogen and oxygen atoms in total. The molecule has 2 fully saturated rings. The number of hydrogen-bond donors (Lipinski definition) is 2. The van der Waals surface area contributed by atoms with E-state index in [-0.39, 0.29) is 49.8 Å². The molecule has 0 aromatic carbocycles. The first kappa shape index (κ1) is 31.8. The lowest BCUT2D eigenvalue weighted by Gasteiger charge is -2.36. The van der Waals surface area contributed by atoms with Gasteiger partial charge < -0.3 is 24.8 Å². The van der Waals surface area contributed by atoms with Crippen molar-refractivity contribution >= 4 is 17.8 Å². The molecule has 1 aliphatic heterocycles. The maximum Gasteiger partial charge on any atom is 0.423 e. The summed E-state index contributed by atoms with van der Waals surface area (Å²) in [5.41, 5.74) is 1.18. The van der Waals surface area contributed by atoms with Crippen LogP contribution in [0.4, 0.5) is 29.7 Å². The molecule has 2 N–H and O–H groups in total. The summed E-state index contributed by atoms with van der Waals surface area (Å²) in [7, 11) is 1.49. The number of aromatic nitrogens is 6. The average Bonchev–Trinajstić information content (AvgIpc) is 3.07. The molecule has 4 aromatic rings. The summed E-state index contributed by atoms with van der Waals surface area (Å²) in [5, 5.41) is 6.11. The number of urea groups is 1. The highest BCUT2D eigenvalue weighted by atomic mass is 19.4. The predicted octanol–water partition coefficient (Wildman–Crippen LogP) is 4.67. The number of alkyl halides is 3. The molecule has 1 saturated heterocycles. The number of methoxy groups -OCH3 is 1. The molecule has 0 unspecified atom stereocenters. The van der Waals surface area contributed by atoms with E-state index in [1.165, 1.54) is 7.11 Å². The topological polar surface area (TPSA) is 149 Å². The van der Waals surface area contributed by atoms with Gasteiger partial charge >= 0.3 is 18.2 Å². The first-order valence-corrected chi connectivity index (χ1v) is 15.0. The van der Waals surface area contributed by atoms with E-state index in [2.05, 4.69) is 40.5 Å². The zero-order chi connectivity index (χ0) is 32.8. The smallest absolute Gasteiger partial charge is 0.423 e. The molecule has 2 amide bonds. The van der Waals surface area contributed by atoms with E-state index in [1.807, 2.05) is 18.2 Å². The van der Waals surface area contributed by atoms with Crippen LogP contribution in [0.25, 0.3) is 11.1 Å². The van der Waals surface area contributed by atoms with Crippen LogP contribution in [-0.4, -0.2) is 74.4 Å². The van der Waals surface area contributed by atoms with Gasteiger partial charge in [0, 0.05) is 54.2 Å². The molecule has 6 rings (SSSR count). The van der Waals surface area contributed by atoms with E-state index >= 15 is 0 Å². The number of pyridine rings is 2. The van der Waals surface area contributed by atoms with Crippen LogP contribution in [0.2, 0.25) is 0 Å². The fourth-order valence-electron chi connectivity index (χ4n) is 5.30. The molecule has 47 heavy (non-hydrogen) atoms. The maximum atomic E-state index is 13.6. The largest absolute Gasteiger partial charge is 0.469 e. The molecular weight excluding hydrogens is 619 g/mol. The van der Waals surface area contributed by atoms with Gasteiger partial charge in [-0.15, -0.1) is 0 Å². The zero-order valence-corrected chi connectivity index (χ0v) is 25.4. The van der Waals surface area contributed by atoms with Gasteiger partial charge in [-0.1, -0.05) is 6.07 Å². The van der Waals surface area contributed by atoms with Gasteiger partial charge in [-0.05, 0) is 49.9 Å². The Labute approximate surface area is 268 Å². The van der Waals surface area contributed by atoms with Crippen molar-refractivity contribution in [2.75, 3.05) is 30.5 Å². The van der Waals surface area contributed by atoms with Crippen molar-refractivity contribution in [3.63, 3.8) is 0 Å². The van der Waals surface area contributed by atoms with Gasteiger partial charge in [-0.2, -0.15) is 18.2 Å². The third kappa shape index (κ3) is 7.82. The van der Waals surface area contributed by atoms with Crippen LogP contribution in [0.1, 0.15) is 36.9 Å². The molecule has 5 heterocycles. The lowest BCUT2D eigenvalue weighted by atomic mass is 9.90. The average molecular weight is 652 g/mol. The first-order valence-electron chi connectivity index (χ1n) is 15.0. The molecule has 246 valence electrons. The molecule has 4 aromatic heterocycles. The highest BCUT2D eigenvalue weighted by Crippen LogP contribution is 2.36. The number of nitrogens with one attached hydrogen (secondary N) is 2. The number of ether oxygens (including phenoxy) is 3. The van der Waals surface area contributed by atoms with Gasteiger partial charge in [0.15, 0.2) is 0 Å². The van der Waals surface area contributed by atoms with Crippen molar-refractivity contribution in [1.29, 1.82) is 0 Å². The summed E-state index contributed by atoms with van der Waals surface area (Å²) in [6.45, 7) is 0.637. The van der Waals surface area contributed by atoms with Gasteiger partial charge in [-0.3, -0.25) is 9.88 Å².